The third-order valence-electron chi connectivity index (χ3n) is 7.83. The van der Waals surface area contributed by atoms with E-state index in [2.05, 4.69) is 6.92 Å². The van der Waals surface area contributed by atoms with Gasteiger partial charge in [-0.1, -0.05) is 13.8 Å². The highest BCUT2D eigenvalue weighted by molar-refractivity contribution is 5.77. The molecule has 1 saturated carbocycles. The molecule has 32 heavy (non-hydrogen) atoms. The Kier molecular flexibility index (Phi) is 5.05. The van der Waals surface area contributed by atoms with Crippen molar-refractivity contribution in [2.45, 2.75) is 76.3 Å². The van der Waals surface area contributed by atoms with Gasteiger partial charge in [0.15, 0.2) is 11.9 Å². The van der Waals surface area contributed by atoms with E-state index in [0.29, 0.717) is 18.1 Å². The Morgan fingerprint density at radius 3 is 2.53 bits per heavy atom. The Balaban J connectivity index is 1.41. The van der Waals surface area contributed by atoms with Gasteiger partial charge in [0.05, 0.1) is 0 Å². The number of carbonyl (C=O) groups is 1. The van der Waals surface area contributed by atoms with E-state index in [-0.39, 0.29) is 17.8 Å². The fraction of sp³-hybridized carbons (Fsp3) is 0.696. The van der Waals surface area contributed by atoms with Crippen molar-refractivity contribution in [3.05, 3.63) is 29.8 Å². The normalized spacial score (nSPS) is 43.3. The monoisotopic (exact) mass is 454 g/mol. The van der Waals surface area contributed by atoms with E-state index in [4.69, 9.17) is 29.1 Å². The lowest BCUT2D eigenvalue weighted by atomic mass is 9.58. The Hall–Kier alpha value is -1.81. The number of ether oxygens (including phenoxy) is 3. The highest BCUT2D eigenvalue weighted by atomic mass is 19.3. The first-order valence-corrected chi connectivity index (χ1v) is 11.2. The summed E-state index contributed by atoms with van der Waals surface area (Å²) in [5, 5.41) is 8.73. The molecule has 1 aliphatic carbocycles. The summed E-state index contributed by atoms with van der Waals surface area (Å²) in [5.74, 6) is -6.07. The molecule has 0 unspecified atom stereocenters. The number of fused-ring (bicyclic) bond motifs is 2. The summed E-state index contributed by atoms with van der Waals surface area (Å²) in [7, 11) is 0. The number of benzene rings is 1. The minimum atomic E-state index is -3.96. The Morgan fingerprint density at radius 2 is 1.84 bits per heavy atom. The molecule has 6 rings (SSSR count). The molecular weight excluding hydrogens is 426 g/mol. The van der Waals surface area contributed by atoms with Gasteiger partial charge in [0, 0.05) is 23.8 Å². The van der Waals surface area contributed by atoms with Crippen molar-refractivity contribution in [2.75, 3.05) is 0 Å². The van der Waals surface area contributed by atoms with Crippen molar-refractivity contribution in [2.24, 2.45) is 23.7 Å². The zero-order valence-corrected chi connectivity index (χ0v) is 18.3. The molecule has 5 aliphatic rings. The van der Waals surface area contributed by atoms with Crippen LogP contribution < -0.4 is 4.74 Å². The van der Waals surface area contributed by atoms with Gasteiger partial charge >= 0.3 is 11.9 Å². The standard InChI is InChI=1S/C23H28F2O7/c1-12-4-9-17-13(2)18(28-15-7-5-14(6-8-15)23(24,25)19(26)27)29-20-22(17)16(12)10-11-21(3,30-20)31-32-22/h5-8,12-13,16-18,20H,4,9-11H2,1-3H3,(H,26,27)/t12-,13-,16+,17+,18+,20-,21-,22-/m1/s1. The number of rotatable bonds is 4. The van der Waals surface area contributed by atoms with E-state index >= 15 is 0 Å². The fourth-order valence-electron chi connectivity index (χ4n) is 6.01. The predicted octanol–water partition coefficient (Wildman–Crippen LogP) is 4.45. The Labute approximate surface area is 184 Å². The van der Waals surface area contributed by atoms with Crippen LogP contribution in [0, 0.1) is 23.7 Å². The molecule has 0 aromatic heterocycles. The molecule has 176 valence electrons. The van der Waals surface area contributed by atoms with Crippen LogP contribution in [0.2, 0.25) is 0 Å². The van der Waals surface area contributed by atoms with Crippen LogP contribution in [0.15, 0.2) is 24.3 Å². The zero-order chi connectivity index (χ0) is 22.9. The fourth-order valence-corrected chi connectivity index (χ4v) is 6.01. The van der Waals surface area contributed by atoms with Crippen LogP contribution in [-0.4, -0.2) is 35.0 Å². The summed E-state index contributed by atoms with van der Waals surface area (Å²) < 4.78 is 46.1. The average molecular weight is 454 g/mol. The molecule has 1 N–H and O–H groups in total. The average Bonchev–Trinajstić information content (AvgIpc) is 2.98. The van der Waals surface area contributed by atoms with E-state index in [9.17, 15) is 13.6 Å². The number of aliphatic carboxylic acids is 1. The SMILES string of the molecule is C[C@H]1[C@@H](Oc2ccc(C(F)(F)C(=O)O)cc2)O[C@@H]2O[C@@]3(C)CC[C@H]4[C@H](C)CC[C@@H]1[C@@]24OO3. The van der Waals surface area contributed by atoms with E-state index < -0.39 is 41.4 Å². The third kappa shape index (κ3) is 3.16. The zero-order valence-electron chi connectivity index (χ0n) is 18.3. The predicted molar refractivity (Wildman–Crippen MR) is 105 cm³/mol. The van der Waals surface area contributed by atoms with Crippen molar-refractivity contribution in [1.82, 2.24) is 0 Å². The van der Waals surface area contributed by atoms with Crippen LogP contribution in [0.5, 0.6) is 5.75 Å². The highest BCUT2D eigenvalue weighted by Gasteiger charge is 2.69. The summed E-state index contributed by atoms with van der Waals surface area (Å²) in [4.78, 5) is 22.7. The van der Waals surface area contributed by atoms with Crippen molar-refractivity contribution >= 4 is 5.97 Å². The molecule has 5 fully saturated rings. The lowest BCUT2D eigenvalue weighted by Gasteiger charge is -2.60. The first kappa shape index (κ1) is 22.0. The van der Waals surface area contributed by atoms with Crippen molar-refractivity contribution in [3.8, 4) is 5.75 Å². The number of halogens is 2. The molecule has 1 aromatic carbocycles. The molecule has 1 aromatic rings. The van der Waals surface area contributed by atoms with Gasteiger partial charge in [0.25, 0.3) is 0 Å². The summed E-state index contributed by atoms with van der Waals surface area (Å²) in [6, 6.07) is 4.77. The van der Waals surface area contributed by atoms with Crippen molar-refractivity contribution in [1.29, 1.82) is 0 Å². The third-order valence-corrected chi connectivity index (χ3v) is 7.83. The lowest BCUT2D eigenvalue weighted by molar-refractivity contribution is -0.575. The van der Waals surface area contributed by atoms with E-state index in [1.54, 1.807) is 0 Å². The summed E-state index contributed by atoms with van der Waals surface area (Å²) >= 11 is 0. The second-order valence-corrected chi connectivity index (χ2v) is 9.80. The number of carboxylic acid groups (broad SMARTS) is 1. The molecule has 0 radical (unpaired) electrons. The summed E-state index contributed by atoms with van der Waals surface area (Å²) in [6.45, 7) is 6.11. The van der Waals surface area contributed by atoms with Gasteiger partial charge in [-0.2, -0.15) is 8.78 Å². The minimum absolute atomic E-state index is 0.0731. The topological polar surface area (TPSA) is 83.5 Å². The van der Waals surface area contributed by atoms with Crippen molar-refractivity contribution in [3.63, 3.8) is 0 Å². The van der Waals surface area contributed by atoms with Crippen LogP contribution in [0.1, 0.15) is 52.0 Å². The van der Waals surface area contributed by atoms with Gasteiger partial charge in [-0.05, 0) is 62.3 Å². The van der Waals surface area contributed by atoms with Gasteiger partial charge in [0.1, 0.15) is 5.75 Å². The molecule has 4 heterocycles. The van der Waals surface area contributed by atoms with E-state index in [1.807, 2.05) is 13.8 Å². The van der Waals surface area contributed by atoms with Crippen molar-refractivity contribution < 1.29 is 42.7 Å². The maximum absolute atomic E-state index is 13.7. The highest BCUT2D eigenvalue weighted by Crippen LogP contribution is 2.60. The van der Waals surface area contributed by atoms with Gasteiger partial charge in [-0.3, -0.25) is 0 Å². The lowest BCUT2D eigenvalue weighted by Crippen LogP contribution is -2.70. The Morgan fingerprint density at radius 1 is 1.12 bits per heavy atom. The molecule has 8 atom stereocenters. The molecule has 1 spiro atoms. The van der Waals surface area contributed by atoms with E-state index in [1.165, 1.54) is 12.1 Å². The number of hydrogen-bond acceptors (Lipinski definition) is 6. The molecule has 4 saturated heterocycles. The molecular formula is C23H28F2O7. The minimum Gasteiger partial charge on any atom is -0.477 e. The summed E-state index contributed by atoms with van der Waals surface area (Å²) in [5.41, 5.74) is -1.32. The smallest absolute Gasteiger partial charge is 0.379 e. The largest absolute Gasteiger partial charge is 0.477 e. The quantitative estimate of drug-likeness (QED) is 0.673. The molecule has 0 amide bonds. The van der Waals surface area contributed by atoms with Crippen LogP contribution in [0.3, 0.4) is 0 Å². The number of hydrogen-bond donors (Lipinski definition) is 1. The molecule has 2 bridgehead atoms. The van der Waals surface area contributed by atoms with Crippen LogP contribution >= 0.6 is 0 Å². The maximum atomic E-state index is 13.7. The van der Waals surface area contributed by atoms with Gasteiger partial charge in [-0.25, -0.2) is 14.6 Å². The number of alkyl halides is 2. The Bertz CT molecular complexity index is 893. The second kappa shape index (κ2) is 7.35. The first-order valence-electron chi connectivity index (χ1n) is 11.2. The van der Waals surface area contributed by atoms with Crippen LogP contribution in [0.4, 0.5) is 8.78 Å². The summed E-state index contributed by atoms with van der Waals surface area (Å²) in [6.07, 6.45) is 2.24. The maximum Gasteiger partial charge on any atom is 0.379 e. The van der Waals surface area contributed by atoms with Gasteiger partial charge < -0.3 is 19.3 Å². The molecule has 4 aliphatic heterocycles. The van der Waals surface area contributed by atoms with E-state index in [0.717, 1.165) is 31.4 Å². The van der Waals surface area contributed by atoms with Gasteiger partial charge in [-0.15, -0.1) is 0 Å². The molecule has 9 heteroatoms. The number of carboxylic acids is 1. The first-order chi connectivity index (χ1) is 15.1. The van der Waals surface area contributed by atoms with Crippen LogP contribution in [-0.2, 0) is 30.0 Å². The van der Waals surface area contributed by atoms with Gasteiger partial charge in [0.2, 0.25) is 12.1 Å². The van der Waals surface area contributed by atoms with Crippen LogP contribution in [0.25, 0.3) is 0 Å². The molecule has 7 nitrogen and oxygen atoms in total. The second-order valence-electron chi connectivity index (χ2n) is 9.80.